The smallest absolute Gasteiger partial charge is 0.313 e. The van der Waals surface area contributed by atoms with Crippen molar-refractivity contribution < 1.29 is 14.6 Å². The highest BCUT2D eigenvalue weighted by molar-refractivity contribution is 14.1. The van der Waals surface area contributed by atoms with Gasteiger partial charge >= 0.3 is 5.97 Å². The molecule has 1 atom stereocenters. The second-order valence-corrected chi connectivity index (χ2v) is 7.24. The summed E-state index contributed by atoms with van der Waals surface area (Å²) >= 11 is 3.54. The van der Waals surface area contributed by atoms with Crippen molar-refractivity contribution in [3.05, 3.63) is 21.8 Å². The first-order valence-electron chi connectivity index (χ1n) is 6.71. The fourth-order valence-electron chi connectivity index (χ4n) is 2.48. The van der Waals surface area contributed by atoms with E-state index in [1.165, 1.54) is 11.8 Å². The van der Waals surface area contributed by atoms with Crippen LogP contribution >= 0.6 is 34.4 Å². The minimum atomic E-state index is -0.822. The van der Waals surface area contributed by atoms with Gasteiger partial charge in [0.25, 0.3) is 0 Å². The van der Waals surface area contributed by atoms with E-state index < -0.39 is 5.97 Å². The van der Waals surface area contributed by atoms with Crippen LogP contribution in [0.5, 0.6) is 0 Å². The first kappa shape index (κ1) is 15.1. The molecule has 1 saturated heterocycles. The molecule has 2 aromatic rings. The number of halogens is 1. The van der Waals surface area contributed by atoms with Crippen molar-refractivity contribution in [1.29, 1.82) is 0 Å². The number of aromatic nitrogens is 2. The fraction of sp³-hybridized carbons (Fsp3) is 0.429. The molecule has 2 heterocycles. The summed E-state index contributed by atoms with van der Waals surface area (Å²) in [5.41, 5.74) is 1.99. The monoisotopic (exact) mass is 418 g/mol. The minimum absolute atomic E-state index is 0.0293. The molecule has 0 amide bonds. The highest BCUT2D eigenvalue weighted by Crippen LogP contribution is 2.28. The van der Waals surface area contributed by atoms with Crippen LogP contribution in [0, 0.1) is 9.49 Å². The molecule has 3 rings (SSSR count). The largest absolute Gasteiger partial charge is 0.481 e. The van der Waals surface area contributed by atoms with Gasteiger partial charge < -0.3 is 14.4 Å². The summed E-state index contributed by atoms with van der Waals surface area (Å²) in [6, 6.07) is 6.14. The Morgan fingerprint density at radius 3 is 3.14 bits per heavy atom. The van der Waals surface area contributed by atoms with Crippen molar-refractivity contribution in [2.24, 2.45) is 5.92 Å². The Bertz CT molecular complexity index is 668. The maximum atomic E-state index is 10.8. The van der Waals surface area contributed by atoms with E-state index in [-0.39, 0.29) is 5.75 Å². The molecule has 0 saturated carbocycles. The molecule has 0 aliphatic carbocycles. The van der Waals surface area contributed by atoms with Crippen molar-refractivity contribution in [2.75, 3.05) is 19.0 Å². The number of hydrogen-bond acceptors (Lipinski definition) is 4. The number of carboxylic acids is 1. The van der Waals surface area contributed by atoms with Crippen LogP contribution in [0.1, 0.15) is 6.42 Å². The zero-order valence-electron chi connectivity index (χ0n) is 11.3. The third-order valence-corrected chi connectivity index (χ3v) is 5.10. The molecule has 112 valence electrons. The second kappa shape index (κ2) is 6.53. The van der Waals surface area contributed by atoms with Crippen LogP contribution in [-0.4, -0.2) is 39.6 Å². The molecule has 21 heavy (non-hydrogen) atoms. The minimum Gasteiger partial charge on any atom is -0.481 e. The van der Waals surface area contributed by atoms with Gasteiger partial charge in [0.2, 0.25) is 0 Å². The molecular weight excluding hydrogens is 403 g/mol. The van der Waals surface area contributed by atoms with Crippen molar-refractivity contribution in [3.63, 3.8) is 0 Å². The highest BCUT2D eigenvalue weighted by Gasteiger charge is 2.20. The van der Waals surface area contributed by atoms with E-state index in [0.29, 0.717) is 5.92 Å². The van der Waals surface area contributed by atoms with Crippen LogP contribution in [0.3, 0.4) is 0 Å². The van der Waals surface area contributed by atoms with Gasteiger partial charge in [0, 0.05) is 22.6 Å². The molecule has 1 aliphatic heterocycles. The van der Waals surface area contributed by atoms with Gasteiger partial charge in [0.05, 0.1) is 23.4 Å². The normalized spacial score (nSPS) is 18.4. The average Bonchev–Trinajstić information content (AvgIpc) is 3.05. The number of aliphatic carboxylic acids is 1. The molecular formula is C14H15IN2O3S. The molecule has 7 heteroatoms. The summed E-state index contributed by atoms with van der Waals surface area (Å²) in [7, 11) is 0. The maximum absolute atomic E-state index is 10.8. The fourth-order valence-corrected chi connectivity index (χ4v) is 3.70. The average molecular weight is 418 g/mol. The lowest BCUT2D eigenvalue weighted by molar-refractivity contribution is -0.133. The molecule has 1 aromatic carbocycles. The number of thioether (sulfide) groups is 1. The van der Waals surface area contributed by atoms with Crippen LogP contribution < -0.4 is 0 Å². The number of fused-ring (bicyclic) bond motifs is 1. The molecule has 1 unspecified atom stereocenters. The molecule has 1 aromatic heterocycles. The van der Waals surface area contributed by atoms with Crippen molar-refractivity contribution >= 4 is 51.4 Å². The lowest BCUT2D eigenvalue weighted by Crippen LogP contribution is -2.12. The number of imidazole rings is 1. The Hall–Kier alpha value is -0.800. The number of benzene rings is 1. The quantitative estimate of drug-likeness (QED) is 0.598. The molecule has 5 nitrogen and oxygen atoms in total. The van der Waals surface area contributed by atoms with Crippen molar-refractivity contribution in [3.8, 4) is 0 Å². The number of hydrogen-bond donors (Lipinski definition) is 1. The van der Waals surface area contributed by atoms with Crippen LogP contribution in [-0.2, 0) is 16.1 Å². The summed E-state index contributed by atoms with van der Waals surface area (Å²) in [6.07, 6.45) is 1.05. The number of nitrogens with zero attached hydrogens (tertiary/aromatic N) is 2. The summed E-state index contributed by atoms with van der Waals surface area (Å²) in [4.78, 5) is 15.4. The van der Waals surface area contributed by atoms with E-state index in [9.17, 15) is 4.79 Å². The predicted octanol–water partition coefficient (Wildman–Crippen LogP) is 2.85. The maximum Gasteiger partial charge on any atom is 0.313 e. The summed E-state index contributed by atoms with van der Waals surface area (Å²) in [5.74, 6) is -0.315. The zero-order chi connectivity index (χ0) is 14.8. The summed E-state index contributed by atoms with van der Waals surface area (Å²) in [5, 5.41) is 9.67. The lowest BCUT2D eigenvalue weighted by Gasteiger charge is -2.12. The van der Waals surface area contributed by atoms with E-state index in [1.54, 1.807) is 0 Å². The van der Waals surface area contributed by atoms with Gasteiger partial charge in [-0.15, -0.1) is 0 Å². The van der Waals surface area contributed by atoms with Crippen LogP contribution in [0.4, 0.5) is 0 Å². The third kappa shape index (κ3) is 3.51. The number of carboxylic acid groups (broad SMARTS) is 1. The Kier molecular flexibility index (Phi) is 4.70. The Morgan fingerprint density at radius 1 is 1.57 bits per heavy atom. The molecule has 0 bridgehead atoms. The lowest BCUT2D eigenvalue weighted by atomic mass is 10.1. The zero-order valence-corrected chi connectivity index (χ0v) is 14.3. The van der Waals surface area contributed by atoms with E-state index in [1.807, 2.05) is 6.07 Å². The van der Waals surface area contributed by atoms with Crippen molar-refractivity contribution in [2.45, 2.75) is 18.1 Å². The van der Waals surface area contributed by atoms with Gasteiger partial charge in [-0.3, -0.25) is 4.79 Å². The van der Waals surface area contributed by atoms with Crippen LogP contribution in [0.15, 0.2) is 23.4 Å². The van der Waals surface area contributed by atoms with Gasteiger partial charge in [0.15, 0.2) is 5.16 Å². The Morgan fingerprint density at radius 2 is 2.43 bits per heavy atom. The molecule has 0 radical (unpaired) electrons. The number of carbonyl (C=O) groups is 1. The van der Waals surface area contributed by atoms with Gasteiger partial charge in [-0.25, -0.2) is 4.98 Å². The summed E-state index contributed by atoms with van der Waals surface area (Å²) in [6.45, 7) is 2.42. The number of ether oxygens (including phenoxy) is 1. The Balaban J connectivity index is 1.95. The van der Waals surface area contributed by atoms with Crippen LogP contribution in [0.25, 0.3) is 11.0 Å². The first-order chi connectivity index (χ1) is 10.1. The van der Waals surface area contributed by atoms with Gasteiger partial charge in [0.1, 0.15) is 0 Å². The topological polar surface area (TPSA) is 64.3 Å². The highest BCUT2D eigenvalue weighted by atomic mass is 127. The molecule has 1 N–H and O–H groups in total. The second-order valence-electron chi connectivity index (χ2n) is 5.05. The molecule has 1 fully saturated rings. The van der Waals surface area contributed by atoms with Gasteiger partial charge in [-0.1, -0.05) is 11.8 Å². The van der Waals surface area contributed by atoms with E-state index in [2.05, 4.69) is 44.3 Å². The SMILES string of the molecule is O=C(O)CSc1nc2cc(I)ccc2n1CC1CCOC1. The van der Waals surface area contributed by atoms with Crippen molar-refractivity contribution in [1.82, 2.24) is 9.55 Å². The van der Waals surface area contributed by atoms with E-state index >= 15 is 0 Å². The van der Waals surface area contributed by atoms with Gasteiger partial charge in [-0.2, -0.15) is 0 Å². The first-order valence-corrected chi connectivity index (χ1v) is 8.78. The standard InChI is InChI=1S/C14H15IN2O3S/c15-10-1-2-12-11(5-10)16-14(21-8-13(18)19)17(12)6-9-3-4-20-7-9/h1-2,5,9H,3-4,6-8H2,(H,18,19). The van der Waals surface area contributed by atoms with Crippen LogP contribution in [0.2, 0.25) is 0 Å². The Labute approximate surface area is 140 Å². The summed E-state index contributed by atoms with van der Waals surface area (Å²) < 4.78 is 8.70. The molecule has 1 aliphatic rings. The molecule has 0 spiro atoms. The van der Waals surface area contributed by atoms with E-state index in [4.69, 9.17) is 9.84 Å². The third-order valence-electron chi connectivity index (χ3n) is 3.46. The van der Waals surface area contributed by atoms with E-state index in [0.717, 1.165) is 45.9 Å². The predicted molar refractivity (Wildman–Crippen MR) is 89.7 cm³/mol. The number of rotatable bonds is 5. The van der Waals surface area contributed by atoms with Gasteiger partial charge in [-0.05, 0) is 47.2 Å².